The van der Waals surface area contributed by atoms with E-state index in [1.54, 1.807) is 4.90 Å². The molecular weight excluding hydrogens is 451 g/mol. The molecule has 0 aliphatic carbocycles. The first-order chi connectivity index (χ1) is 17.6. The lowest BCUT2D eigenvalue weighted by Gasteiger charge is -2.38. The zero-order valence-corrected chi connectivity index (χ0v) is 21.1. The Bertz CT molecular complexity index is 1220. The Balaban J connectivity index is 1.22. The van der Waals surface area contributed by atoms with Gasteiger partial charge in [0.25, 0.3) is 0 Å². The molecule has 0 radical (unpaired) electrons. The fourth-order valence-electron chi connectivity index (χ4n) is 7.11. The van der Waals surface area contributed by atoms with Crippen LogP contribution in [0.4, 0.5) is 4.39 Å². The average molecular weight is 488 g/mol. The van der Waals surface area contributed by atoms with Gasteiger partial charge in [-0.25, -0.2) is 9.37 Å². The van der Waals surface area contributed by atoms with E-state index in [1.165, 1.54) is 38.1 Å². The van der Waals surface area contributed by atoms with Gasteiger partial charge in [-0.15, -0.1) is 0 Å². The van der Waals surface area contributed by atoms with Gasteiger partial charge >= 0.3 is 0 Å². The van der Waals surface area contributed by atoms with Crippen molar-refractivity contribution in [1.82, 2.24) is 14.5 Å². The molecule has 5 nitrogen and oxygen atoms in total. The summed E-state index contributed by atoms with van der Waals surface area (Å²) < 4.78 is 16.1. The van der Waals surface area contributed by atoms with Crippen molar-refractivity contribution in [2.45, 2.75) is 57.0 Å². The van der Waals surface area contributed by atoms with Gasteiger partial charge in [0.15, 0.2) is 0 Å². The third kappa shape index (κ3) is 3.86. The number of likely N-dealkylation sites (tertiary alicyclic amines) is 2. The van der Waals surface area contributed by atoms with Crippen molar-refractivity contribution in [3.63, 3.8) is 0 Å². The Morgan fingerprint density at radius 3 is 2.58 bits per heavy atom. The van der Waals surface area contributed by atoms with E-state index in [2.05, 4.69) is 33.5 Å². The molecule has 6 rings (SSSR count). The minimum absolute atomic E-state index is 0.224. The van der Waals surface area contributed by atoms with Crippen LogP contribution in [0.3, 0.4) is 0 Å². The van der Waals surface area contributed by atoms with E-state index in [9.17, 15) is 9.18 Å². The molecule has 4 heterocycles. The van der Waals surface area contributed by atoms with E-state index >= 15 is 0 Å². The summed E-state index contributed by atoms with van der Waals surface area (Å²) in [5.74, 6) is 1.58. The van der Waals surface area contributed by atoms with Crippen molar-refractivity contribution >= 4 is 5.91 Å². The molecule has 1 N–H and O–H groups in total. The standard InChI is InChI=1S/C30H35FN4O/c1-22(33-17-4-5-18-33)23-13-19-34(20-14-23)28(36)12-15-30(24-8-10-25(31)11-9-24)27-7-3-2-6-26(27)29-32-16-21-35(29)30/h2-3,6-11,16,21-23H,4-5,12-15,17-20H2,1H3/p+1. The van der Waals surface area contributed by atoms with E-state index in [-0.39, 0.29) is 11.7 Å². The van der Waals surface area contributed by atoms with Crippen LogP contribution in [0.5, 0.6) is 0 Å². The molecule has 2 atom stereocenters. The van der Waals surface area contributed by atoms with Gasteiger partial charge in [0, 0.05) is 56.2 Å². The molecule has 188 valence electrons. The summed E-state index contributed by atoms with van der Waals surface area (Å²) in [5, 5.41) is 0. The van der Waals surface area contributed by atoms with Gasteiger partial charge in [-0.1, -0.05) is 36.4 Å². The smallest absolute Gasteiger partial charge is 0.222 e. The van der Waals surface area contributed by atoms with E-state index < -0.39 is 5.54 Å². The van der Waals surface area contributed by atoms with Gasteiger partial charge < -0.3 is 14.4 Å². The number of amides is 1. The average Bonchev–Trinajstić information content (AvgIpc) is 3.66. The number of carbonyl (C=O) groups is 1. The second-order valence-electron chi connectivity index (χ2n) is 10.9. The second-order valence-corrected chi connectivity index (χ2v) is 10.9. The summed E-state index contributed by atoms with van der Waals surface area (Å²) in [4.78, 5) is 22.0. The molecule has 2 aromatic carbocycles. The van der Waals surface area contributed by atoms with Gasteiger partial charge in [0.05, 0.1) is 24.7 Å². The first-order valence-corrected chi connectivity index (χ1v) is 13.6. The highest BCUT2D eigenvalue weighted by atomic mass is 19.1. The fraction of sp³-hybridized carbons (Fsp3) is 0.467. The SMILES string of the molecule is CC(C1CCN(C(=O)CCC2(c3ccc(F)cc3)c3ccccc3-c3nccn32)CC1)[NH+]1CCCC1. The lowest BCUT2D eigenvalue weighted by Crippen LogP contribution is -3.14. The number of carbonyl (C=O) groups excluding carboxylic acids is 1. The van der Waals surface area contributed by atoms with Crippen molar-refractivity contribution in [3.05, 3.63) is 77.9 Å². The van der Waals surface area contributed by atoms with Crippen LogP contribution in [-0.2, 0) is 10.3 Å². The number of aromatic nitrogens is 2. The zero-order chi connectivity index (χ0) is 24.7. The van der Waals surface area contributed by atoms with Crippen LogP contribution in [0.15, 0.2) is 60.9 Å². The maximum absolute atomic E-state index is 13.9. The highest BCUT2D eigenvalue weighted by Crippen LogP contribution is 2.49. The second kappa shape index (κ2) is 9.47. The van der Waals surface area contributed by atoms with Crippen molar-refractivity contribution in [2.24, 2.45) is 5.92 Å². The van der Waals surface area contributed by atoms with Crippen LogP contribution in [-0.4, -0.2) is 52.6 Å². The van der Waals surface area contributed by atoms with Crippen molar-refractivity contribution in [3.8, 4) is 11.4 Å². The minimum atomic E-state index is -0.572. The number of nitrogens with zero attached hydrogens (tertiary/aromatic N) is 3. The first-order valence-electron chi connectivity index (χ1n) is 13.6. The van der Waals surface area contributed by atoms with Gasteiger partial charge in [-0.3, -0.25) is 4.79 Å². The van der Waals surface area contributed by atoms with Crippen LogP contribution >= 0.6 is 0 Å². The minimum Gasteiger partial charge on any atom is -0.343 e. The number of piperidine rings is 1. The molecule has 3 aliphatic heterocycles. The lowest BCUT2D eigenvalue weighted by molar-refractivity contribution is -0.915. The van der Waals surface area contributed by atoms with Crippen LogP contribution in [0.25, 0.3) is 11.4 Å². The highest BCUT2D eigenvalue weighted by Gasteiger charge is 2.45. The fourth-order valence-corrected chi connectivity index (χ4v) is 7.11. The van der Waals surface area contributed by atoms with Gasteiger partial charge in [0.2, 0.25) is 5.91 Å². The predicted octanol–water partition coefficient (Wildman–Crippen LogP) is 3.88. The Labute approximate surface area is 212 Å². The number of rotatable bonds is 6. The van der Waals surface area contributed by atoms with Gasteiger partial charge in [-0.2, -0.15) is 0 Å². The molecule has 2 unspecified atom stereocenters. The molecule has 1 aromatic heterocycles. The quantitative estimate of drug-likeness (QED) is 0.574. The Morgan fingerprint density at radius 1 is 1.11 bits per heavy atom. The predicted molar refractivity (Wildman–Crippen MR) is 138 cm³/mol. The number of quaternary nitrogens is 1. The molecule has 0 bridgehead atoms. The van der Waals surface area contributed by atoms with E-state index in [0.29, 0.717) is 24.8 Å². The summed E-state index contributed by atoms with van der Waals surface area (Å²) in [6.45, 7) is 6.75. The molecule has 1 amide bonds. The number of fused-ring (bicyclic) bond motifs is 3. The number of nitrogens with one attached hydrogen (secondary N) is 1. The lowest BCUT2D eigenvalue weighted by atomic mass is 9.79. The molecule has 0 spiro atoms. The summed E-state index contributed by atoms with van der Waals surface area (Å²) >= 11 is 0. The highest BCUT2D eigenvalue weighted by molar-refractivity contribution is 5.77. The first kappa shape index (κ1) is 23.4. The van der Waals surface area contributed by atoms with Crippen LogP contribution in [0.2, 0.25) is 0 Å². The van der Waals surface area contributed by atoms with Crippen molar-refractivity contribution < 1.29 is 14.1 Å². The summed E-state index contributed by atoms with van der Waals surface area (Å²) in [6.07, 6.45) is 9.80. The summed E-state index contributed by atoms with van der Waals surface area (Å²) in [7, 11) is 0. The maximum atomic E-state index is 13.9. The van der Waals surface area contributed by atoms with Gasteiger partial charge in [0.1, 0.15) is 11.6 Å². The Morgan fingerprint density at radius 2 is 1.83 bits per heavy atom. The molecular formula is C30H36FN4O+. The van der Waals surface area contributed by atoms with Crippen LogP contribution < -0.4 is 4.90 Å². The zero-order valence-electron chi connectivity index (χ0n) is 21.1. The van der Waals surface area contributed by atoms with Crippen molar-refractivity contribution in [1.29, 1.82) is 0 Å². The Kier molecular flexibility index (Phi) is 6.16. The third-order valence-electron chi connectivity index (χ3n) is 9.18. The van der Waals surface area contributed by atoms with E-state index in [4.69, 9.17) is 0 Å². The molecule has 2 saturated heterocycles. The summed E-state index contributed by atoms with van der Waals surface area (Å²) in [5.41, 5.74) is 2.63. The number of imidazole rings is 1. The normalized spacial score (nSPS) is 23.0. The van der Waals surface area contributed by atoms with E-state index in [1.807, 2.05) is 36.7 Å². The van der Waals surface area contributed by atoms with E-state index in [0.717, 1.165) is 48.4 Å². The largest absolute Gasteiger partial charge is 0.343 e. The molecule has 2 fully saturated rings. The molecule has 6 heteroatoms. The van der Waals surface area contributed by atoms with Crippen LogP contribution in [0.1, 0.15) is 56.6 Å². The summed E-state index contributed by atoms with van der Waals surface area (Å²) in [6, 6.07) is 15.7. The number of halogens is 1. The number of hydrogen-bond acceptors (Lipinski definition) is 2. The van der Waals surface area contributed by atoms with Gasteiger partial charge in [-0.05, 0) is 49.4 Å². The molecule has 0 saturated carbocycles. The molecule has 36 heavy (non-hydrogen) atoms. The topological polar surface area (TPSA) is 42.6 Å². The maximum Gasteiger partial charge on any atom is 0.222 e. The molecule has 3 aromatic rings. The monoisotopic (exact) mass is 487 g/mol. The number of benzene rings is 2. The molecule has 3 aliphatic rings. The van der Waals surface area contributed by atoms with Crippen LogP contribution in [0, 0.1) is 11.7 Å². The Hall–Kier alpha value is -2.99. The third-order valence-corrected chi connectivity index (χ3v) is 9.18. The number of hydrogen-bond donors (Lipinski definition) is 1. The van der Waals surface area contributed by atoms with Crippen molar-refractivity contribution in [2.75, 3.05) is 26.2 Å².